The number of carbonyl (C=O) groups excluding carboxylic acids is 1. The van der Waals surface area contributed by atoms with Crippen molar-refractivity contribution in [2.75, 3.05) is 26.0 Å². The normalized spacial score (nSPS) is 22.2. The van der Waals surface area contributed by atoms with Gasteiger partial charge in [-0.25, -0.2) is 4.79 Å². The molecule has 0 spiro atoms. The number of nitrogens with one attached hydrogen (secondary N) is 2. The van der Waals surface area contributed by atoms with Crippen molar-refractivity contribution >= 4 is 11.7 Å². The minimum Gasteiger partial charge on any atom is -0.327 e. The van der Waals surface area contributed by atoms with E-state index in [-0.39, 0.29) is 6.03 Å². The number of anilines is 1. The number of hydrogen-bond acceptors (Lipinski definition) is 2. The zero-order valence-electron chi connectivity index (χ0n) is 12.8. The van der Waals surface area contributed by atoms with Crippen LogP contribution in [0.3, 0.4) is 0 Å². The van der Waals surface area contributed by atoms with Crippen LogP contribution in [0.4, 0.5) is 10.5 Å². The van der Waals surface area contributed by atoms with Gasteiger partial charge in [0, 0.05) is 25.3 Å². The predicted octanol–water partition coefficient (Wildman–Crippen LogP) is 3.09. The number of hydrogen-bond donors (Lipinski definition) is 2. The molecule has 1 fully saturated rings. The van der Waals surface area contributed by atoms with E-state index >= 15 is 0 Å². The fourth-order valence-electron chi connectivity index (χ4n) is 2.33. The third-order valence-corrected chi connectivity index (χ3v) is 4.23. The standard InChI is InChI=1S/C16H25N3O/c1-11-9-14(11)10-19(4)16(20)18-15-7-5-13(6-8-15)12(2)17-3/h5-8,11-12,14,17H,9-10H2,1-4H3,(H,18,20). The number of urea groups is 1. The molecule has 3 atom stereocenters. The maximum absolute atomic E-state index is 12.1. The molecule has 0 radical (unpaired) electrons. The minimum absolute atomic E-state index is 0.0292. The van der Waals surface area contributed by atoms with Gasteiger partial charge in [0.25, 0.3) is 0 Å². The Hall–Kier alpha value is -1.55. The molecular weight excluding hydrogens is 250 g/mol. The maximum Gasteiger partial charge on any atom is 0.321 e. The Morgan fingerprint density at radius 1 is 1.40 bits per heavy atom. The topological polar surface area (TPSA) is 44.4 Å². The molecule has 3 unspecified atom stereocenters. The summed E-state index contributed by atoms with van der Waals surface area (Å²) in [4.78, 5) is 13.8. The van der Waals surface area contributed by atoms with E-state index < -0.39 is 0 Å². The van der Waals surface area contributed by atoms with Crippen molar-refractivity contribution in [3.05, 3.63) is 29.8 Å². The zero-order chi connectivity index (χ0) is 14.7. The first-order valence-corrected chi connectivity index (χ1v) is 7.30. The van der Waals surface area contributed by atoms with E-state index in [1.165, 1.54) is 12.0 Å². The monoisotopic (exact) mass is 275 g/mol. The molecule has 2 N–H and O–H groups in total. The quantitative estimate of drug-likeness (QED) is 0.867. The second kappa shape index (κ2) is 6.27. The lowest BCUT2D eigenvalue weighted by atomic mass is 10.1. The molecule has 0 heterocycles. The van der Waals surface area contributed by atoms with Crippen LogP contribution in [0.5, 0.6) is 0 Å². The molecular formula is C16H25N3O. The molecule has 1 aliphatic carbocycles. The lowest BCUT2D eigenvalue weighted by molar-refractivity contribution is 0.220. The van der Waals surface area contributed by atoms with E-state index in [1.807, 2.05) is 38.4 Å². The number of benzene rings is 1. The number of amides is 2. The van der Waals surface area contributed by atoms with Crippen LogP contribution in [0.15, 0.2) is 24.3 Å². The molecule has 0 saturated heterocycles. The minimum atomic E-state index is -0.0292. The van der Waals surface area contributed by atoms with E-state index in [0.717, 1.165) is 18.2 Å². The smallest absolute Gasteiger partial charge is 0.321 e. The summed E-state index contributed by atoms with van der Waals surface area (Å²) in [5.41, 5.74) is 2.06. The third-order valence-electron chi connectivity index (χ3n) is 4.23. The summed E-state index contributed by atoms with van der Waals surface area (Å²) in [5, 5.41) is 6.14. The van der Waals surface area contributed by atoms with Gasteiger partial charge in [0.1, 0.15) is 0 Å². The van der Waals surface area contributed by atoms with Gasteiger partial charge in [0.05, 0.1) is 0 Å². The van der Waals surface area contributed by atoms with Crippen molar-refractivity contribution < 1.29 is 4.79 Å². The van der Waals surface area contributed by atoms with Gasteiger partial charge >= 0.3 is 6.03 Å². The predicted molar refractivity (Wildman–Crippen MR) is 82.8 cm³/mol. The largest absolute Gasteiger partial charge is 0.327 e. The van der Waals surface area contributed by atoms with Gasteiger partial charge in [-0.3, -0.25) is 0 Å². The van der Waals surface area contributed by atoms with Crippen molar-refractivity contribution in [3.63, 3.8) is 0 Å². The molecule has 2 amide bonds. The lowest BCUT2D eigenvalue weighted by Crippen LogP contribution is -2.33. The van der Waals surface area contributed by atoms with Crippen LogP contribution in [0.1, 0.15) is 31.9 Å². The van der Waals surface area contributed by atoms with Crippen molar-refractivity contribution in [2.45, 2.75) is 26.3 Å². The number of nitrogens with zero attached hydrogens (tertiary/aromatic N) is 1. The van der Waals surface area contributed by atoms with Crippen molar-refractivity contribution in [3.8, 4) is 0 Å². The van der Waals surface area contributed by atoms with Crippen LogP contribution < -0.4 is 10.6 Å². The highest BCUT2D eigenvalue weighted by molar-refractivity contribution is 5.89. The van der Waals surface area contributed by atoms with Crippen molar-refractivity contribution in [1.82, 2.24) is 10.2 Å². The molecule has 2 rings (SSSR count). The molecule has 20 heavy (non-hydrogen) atoms. The average Bonchev–Trinajstić information content (AvgIpc) is 3.14. The van der Waals surface area contributed by atoms with E-state index in [9.17, 15) is 4.79 Å². The SMILES string of the molecule is CNC(C)c1ccc(NC(=O)N(C)CC2CC2C)cc1. The first kappa shape index (κ1) is 14.9. The van der Waals surface area contributed by atoms with Gasteiger partial charge in [-0.15, -0.1) is 0 Å². The highest BCUT2D eigenvalue weighted by Gasteiger charge is 2.34. The highest BCUT2D eigenvalue weighted by Crippen LogP contribution is 2.37. The van der Waals surface area contributed by atoms with Gasteiger partial charge in [-0.2, -0.15) is 0 Å². The van der Waals surface area contributed by atoms with Crippen LogP contribution in [0.25, 0.3) is 0 Å². The van der Waals surface area contributed by atoms with E-state index in [0.29, 0.717) is 12.0 Å². The molecule has 1 aromatic carbocycles. The molecule has 0 aliphatic heterocycles. The summed E-state index contributed by atoms with van der Waals surface area (Å²) in [7, 11) is 3.80. The zero-order valence-corrected chi connectivity index (χ0v) is 12.8. The van der Waals surface area contributed by atoms with Gasteiger partial charge in [-0.1, -0.05) is 19.1 Å². The van der Waals surface area contributed by atoms with Crippen LogP contribution in [0, 0.1) is 11.8 Å². The fourth-order valence-corrected chi connectivity index (χ4v) is 2.33. The van der Waals surface area contributed by atoms with Crippen LogP contribution in [-0.2, 0) is 0 Å². The van der Waals surface area contributed by atoms with Gasteiger partial charge in [-0.05, 0) is 49.9 Å². The third kappa shape index (κ3) is 3.73. The Morgan fingerprint density at radius 3 is 2.50 bits per heavy atom. The average molecular weight is 275 g/mol. The van der Waals surface area contributed by atoms with Crippen LogP contribution >= 0.6 is 0 Å². The summed E-state index contributed by atoms with van der Waals surface area (Å²) < 4.78 is 0. The summed E-state index contributed by atoms with van der Waals surface area (Å²) >= 11 is 0. The summed E-state index contributed by atoms with van der Waals surface area (Å²) in [6.45, 7) is 5.19. The first-order valence-electron chi connectivity index (χ1n) is 7.30. The second-order valence-corrected chi connectivity index (χ2v) is 5.92. The first-order chi connectivity index (χ1) is 9.51. The molecule has 4 nitrogen and oxygen atoms in total. The van der Waals surface area contributed by atoms with Crippen LogP contribution in [-0.4, -0.2) is 31.6 Å². The van der Waals surface area contributed by atoms with Gasteiger partial charge in [0.15, 0.2) is 0 Å². The van der Waals surface area contributed by atoms with E-state index in [1.54, 1.807) is 4.90 Å². The van der Waals surface area contributed by atoms with E-state index in [4.69, 9.17) is 0 Å². The maximum atomic E-state index is 12.1. The van der Waals surface area contributed by atoms with Crippen molar-refractivity contribution in [2.24, 2.45) is 11.8 Å². The Labute approximate surface area is 121 Å². The van der Waals surface area contributed by atoms with Crippen LogP contribution in [0.2, 0.25) is 0 Å². The molecule has 4 heteroatoms. The van der Waals surface area contributed by atoms with Gasteiger partial charge < -0.3 is 15.5 Å². The molecule has 0 aromatic heterocycles. The molecule has 1 saturated carbocycles. The highest BCUT2D eigenvalue weighted by atomic mass is 16.2. The van der Waals surface area contributed by atoms with Crippen molar-refractivity contribution in [1.29, 1.82) is 0 Å². The second-order valence-electron chi connectivity index (χ2n) is 5.92. The Morgan fingerprint density at radius 2 is 2.00 bits per heavy atom. The Bertz CT molecular complexity index is 457. The molecule has 110 valence electrons. The van der Waals surface area contributed by atoms with Gasteiger partial charge in [0.2, 0.25) is 0 Å². The summed E-state index contributed by atoms with van der Waals surface area (Å²) in [5.74, 6) is 1.46. The molecule has 1 aliphatic rings. The Balaban J connectivity index is 1.87. The Kier molecular flexibility index (Phi) is 4.65. The fraction of sp³-hybridized carbons (Fsp3) is 0.562. The summed E-state index contributed by atoms with van der Waals surface area (Å²) in [6, 6.07) is 8.28. The van der Waals surface area contributed by atoms with E-state index in [2.05, 4.69) is 24.5 Å². The number of carbonyl (C=O) groups is 1. The molecule has 1 aromatic rings. The summed E-state index contributed by atoms with van der Waals surface area (Å²) in [6.07, 6.45) is 1.24. The number of rotatable bonds is 5. The lowest BCUT2D eigenvalue weighted by Gasteiger charge is -2.18. The molecule has 0 bridgehead atoms.